The molecule has 0 atom stereocenters. The molecule has 140 valence electrons. The zero-order valence-corrected chi connectivity index (χ0v) is 15.4. The van der Waals surface area contributed by atoms with Crippen LogP contribution in [0.5, 0.6) is 5.75 Å². The van der Waals surface area contributed by atoms with E-state index in [1.807, 2.05) is 6.92 Å². The largest absolute Gasteiger partial charge is 0.497 e. The van der Waals surface area contributed by atoms with Gasteiger partial charge in [0.15, 0.2) is 0 Å². The molecule has 26 heavy (non-hydrogen) atoms. The zero-order valence-electron chi connectivity index (χ0n) is 14.6. The molecule has 0 heterocycles. The fourth-order valence-corrected chi connectivity index (χ4v) is 3.67. The standard InChI is InChI=1S/C18H21FN2O4S/c1-3-12-20-18(22)13-21(15-6-8-16(25-2)9-7-15)26(23,24)17-10-4-14(19)5-11-17/h4-11H,3,12-13H2,1-2H3,(H,20,22). The van der Waals surface area contributed by atoms with Crippen LogP contribution in [-0.2, 0) is 14.8 Å². The lowest BCUT2D eigenvalue weighted by Crippen LogP contribution is -2.41. The fourth-order valence-electron chi connectivity index (χ4n) is 2.25. The maximum atomic E-state index is 13.1. The number of hydrogen-bond donors (Lipinski definition) is 1. The zero-order chi connectivity index (χ0) is 19.2. The quantitative estimate of drug-likeness (QED) is 0.764. The van der Waals surface area contributed by atoms with Gasteiger partial charge in [0.2, 0.25) is 5.91 Å². The summed E-state index contributed by atoms with van der Waals surface area (Å²) in [5.74, 6) is -0.405. The van der Waals surface area contributed by atoms with Crippen LogP contribution >= 0.6 is 0 Å². The summed E-state index contributed by atoms with van der Waals surface area (Å²) >= 11 is 0. The summed E-state index contributed by atoms with van der Waals surface area (Å²) in [4.78, 5) is 12.0. The molecule has 0 aliphatic carbocycles. The van der Waals surface area contributed by atoms with Gasteiger partial charge in [-0.3, -0.25) is 9.10 Å². The van der Waals surface area contributed by atoms with Gasteiger partial charge in [0.05, 0.1) is 17.7 Å². The highest BCUT2D eigenvalue weighted by Crippen LogP contribution is 2.25. The number of hydrogen-bond acceptors (Lipinski definition) is 4. The van der Waals surface area contributed by atoms with Crippen molar-refractivity contribution in [2.75, 3.05) is 24.5 Å². The Balaban J connectivity index is 2.40. The van der Waals surface area contributed by atoms with Gasteiger partial charge in [0.25, 0.3) is 10.0 Å². The summed E-state index contributed by atoms with van der Waals surface area (Å²) in [6.45, 7) is 1.97. The van der Waals surface area contributed by atoms with E-state index in [1.165, 1.54) is 19.2 Å². The number of nitrogens with one attached hydrogen (secondary N) is 1. The molecular formula is C18H21FN2O4S. The molecule has 0 bridgehead atoms. The molecule has 2 rings (SSSR count). The topological polar surface area (TPSA) is 75.7 Å². The molecule has 2 aromatic rings. The second-order valence-electron chi connectivity index (χ2n) is 5.51. The maximum Gasteiger partial charge on any atom is 0.264 e. The highest BCUT2D eigenvalue weighted by molar-refractivity contribution is 7.92. The van der Waals surface area contributed by atoms with Crippen molar-refractivity contribution in [1.82, 2.24) is 5.32 Å². The Hall–Kier alpha value is -2.61. The SMILES string of the molecule is CCCNC(=O)CN(c1ccc(OC)cc1)S(=O)(=O)c1ccc(F)cc1. The highest BCUT2D eigenvalue weighted by Gasteiger charge is 2.27. The van der Waals surface area contributed by atoms with Crippen LogP contribution in [-0.4, -0.2) is 34.5 Å². The number of carbonyl (C=O) groups is 1. The lowest BCUT2D eigenvalue weighted by atomic mass is 10.3. The molecule has 0 aliphatic rings. The molecule has 0 saturated heterocycles. The van der Waals surface area contributed by atoms with Gasteiger partial charge in [-0.2, -0.15) is 0 Å². The third kappa shape index (κ3) is 4.72. The van der Waals surface area contributed by atoms with Crippen LogP contribution in [0.1, 0.15) is 13.3 Å². The molecular weight excluding hydrogens is 359 g/mol. The molecule has 2 aromatic carbocycles. The Labute approximate surface area is 152 Å². The monoisotopic (exact) mass is 380 g/mol. The maximum absolute atomic E-state index is 13.1. The predicted octanol–water partition coefficient (Wildman–Crippen LogP) is 2.56. The molecule has 0 aliphatic heterocycles. The van der Waals surface area contributed by atoms with Gasteiger partial charge in [-0.25, -0.2) is 12.8 Å². The fraction of sp³-hybridized carbons (Fsp3) is 0.278. The van der Waals surface area contributed by atoms with Crippen LogP contribution in [0.25, 0.3) is 0 Å². The van der Waals surface area contributed by atoms with Crippen molar-refractivity contribution < 1.29 is 22.3 Å². The average molecular weight is 380 g/mol. The molecule has 0 fully saturated rings. The average Bonchev–Trinajstić information content (AvgIpc) is 2.64. The summed E-state index contributed by atoms with van der Waals surface area (Å²) in [5, 5.41) is 2.66. The summed E-state index contributed by atoms with van der Waals surface area (Å²) in [6, 6.07) is 10.8. The number of nitrogens with zero attached hydrogens (tertiary/aromatic N) is 1. The van der Waals surface area contributed by atoms with E-state index in [9.17, 15) is 17.6 Å². The lowest BCUT2D eigenvalue weighted by Gasteiger charge is -2.24. The first-order valence-electron chi connectivity index (χ1n) is 8.07. The van der Waals surface area contributed by atoms with Crippen LogP contribution in [0.15, 0.2) is 53.4 Å². The van der Waals surface area contributed by atoms with E-state index < -0.39 is 21.7 Å². The van der Waals surface area contributed by atoms with Crippen LogP contribution in [0.2, 0.25) is 0 Å². The first-order valence-corrected chi connectivity index (χ1v) is 9.51. The molecule has 8 heteroatoms. The van der Waals surface area contributed by atoms with Gasteiger partial charge in [-0.1, -0.05) is 6.92 Å². The molecule has 0 saturated carbocycles. The minimum atomic E-state index is -4.05. The Bertz CT molecular complexity index is 836. The summed E-state index contributed by atoms with van der Waals surface area (Å²) < 4.78 is 45.2. The third-order valence-corrected chi connectivity index (χ3v) is 5.41. The Morgan fingerprint density at radius 1 is 1.12 bits per heavy atom. The van der Waals surface area contributed by atoms with E-state index in [1.54, 1.807) is 24.3 Å². The van der Waals surface area contributed by atoms with Crippen molar-refractivity contribution in [1.29, 1.82) is 0 Å². The number of halogens is 1. The van der Waals surface area contributed by atoms with Crippen LogP contribution < -0.4 is 14.4 Å². The smallest absolute Gasteiger partial charge is 0.264 e. The van der Waals surface area contributed by atoms with E-state index in [4.69, 9.17) is 4.74 Å². The Morgan fingerprint density at radius 3 is 2.27 bits per heavy atom. The van der Waals surface area contributed by atoms with Crippen molar-refractivity contribution in [2.45, 2.75) is 18.2 Å². The van der Waals surface area contributed by atoms with Crippen molar-refractivity contribution in [3.8, 4) is 5.75 Å². The van der Waals surface area contributed by atoms with Gasteiger partial charge < -0.3 is 10.1 Å². The molecule has 0 spiro atoms. The molecule has 1 N–H and O–H groups in total. The number of ether oxygens (including phenoxy) is 1. The number of rotatable bonds is 8. The van der Waals surface area contributed by atoms with Crippen molar-refractivity contribution in [2.24, 2.45) is 0 Å². The molecule has 0 radical (unpaired) electrons. The normalized spacial score (nSPS) is 11.0. The first-order chi connectivity index (χ1) is 12.4. The number of carbonyl (C=O) groups excluding carboxylic acids is 1. The molecule has 0 aromatic heterocycles. The van der Waals surface area contributed by atoms with Crippen LogP contribution in [0.4, 0.5) is 10.1 Å². The predicted molar refractivity (Wildman–Crippen MR) is 97.2 cm³/mol. The van der Waals surface area contributed by atoms with E-state index in [-0.39, 0.29) is 11.4 Å². The Morgan fingerprint density at radius 2 is 1.73 bits per heavy atom. The number of methoxy groups -OCH3 is 1. The Kier molecular flexibility index (Phi) is 6.57. The summed E-state index contributed by atoms with van der Waals surface area (Å²) in [5.41, 5.74) is 0.307. The van der Waals surface area contributed by atoms with Crippen LogP contribution in [0.3, 0.4) is 0 Å². The third-order valence-electron chi connectivity index (χ3n) is 3.62. The number of benzene rings is 2. The molecule has 0 unspecified atom stereocenters. The summed E-state index contributed by atoms with van der Waals surface area (Å²) in [7, 11) is -2.55. The van der Waals surface area contributed by atoms with Gasteiger partial charge in [-0.05, 0) is 55.0 Å². The van der Waals surface area contributed by atoms with Gasteiger partial charge in [0.1, 0.15) is 18.1 Å². The van der Waals surface area contributed by atoms with E-state index in [0.29, 0.717) is 18.0 Å². The van der Waals surface area contributed by atoms with Gasteiger partial charge in [0, 0.05) is 6.54 Å². The first kappa shape index (κ1) is 19.7. The van der Waals surface area contributed by atoms with E-state index in [0.717, 1.165) is 22.9 Å². The number of anilines is 1. The van der Waals surface area contributed by atoms with Crippen LogP contribution in [0, 0.1) is 5.82 Å². The highest BCUT2D eigenvalue weighted by atomic mass is 32.2. The lowest BCUT2D eigenvalue weighted by molar-refractivity contribution is -0.119. The van der Waals surface area contributed by atoms with Gasteiger partial charge >= 0.3 is 0 Å². The van der Waals surface area contributed by atoms with Gasteiger partial charge in [-0.15, -0.1) is 0 Å². The van der Waals surface area contributed by atoms with E-state index in [2.05, 4.69) is 5.32 Å². The van der Waals surface area contributed by atoms with Crippen molar-refractivity contribution >= 4 is 21.6 Å². The molecule has 6 nitrogen and oxygen atoms in total. The van der Waals surface area contributed by atoms with Crippen molar-refractivity contribution in [3.05, 3.63) is 54.3 Å². The van der Waals surface area contributed by atoms with E-state index >= 15 is 0 Å². The second-order valence-corrected chi connectivity index (χ2v) is 7.38. The minimum absolute atomic E-state index is 0.0991. The number of sulfonamides is 1. The second kappa shape index (κ2) is 8.66. The number of amides is 1. The van der Waals surface area contributed by atoms with Crippen molar-refractivity contribution in [3.63, 3.8) is 0 Å². The summed E-state index contributed by atoms with van der Waals surface area (Å²) in [6.07, 6.45) is 0.735. The minimum Gasteiger partial charge on any atom is -0.497 e. The molecule has 1 amide bonds.